The maximum Gasteiger partial charge on any atom is 0.416 e. The predicted molar refractivity (Wildman–Crippen MR) is 85.9 cm³/mol. The summed E-state index contributed by atoms with van der Waals surface area (Å²) < 4.78 is 50.7. The van der Waals surface area contributed by atoms with Gasteiger partial charge >= 0.3 is 6.18 Å². The molecule has 0 fully saturated rings. The summed E-state index contributed by atoms with van der Waals surface area (Å²) in [5, 5.41) is 5.79. The van der Waals surface area contributed by atoms with Gasteiger partial charge in [-0.2, -0.15) is 18.3 Å². The van der Waals surface area contributed by atoms with Crippen molar-refractivity contribution < 1.29 is 27.2 Å². The Morgan fingerprint density at radius 1 is 1.04 bits per heavy atom. The maximum atomic E-state index is 13.4. The van der Waals surface area contributed by atoms with Gasteiger partial charge in [-0.25, -0.2) is 9.82 Å². The van der Waals surface area contributed by atoms with Crippen molar-refractivity contribution in [3.05, 3.63) is 71.0 Å². The van der Waals surface area contributed by atoms with E-state index in [0.29, 0.717) is 5.56 Å². The first-order valence-electron chi connectivity index (χ1n) is 7.29. The molecule has 2 aromatic carbocycles. The smallest absolute Gasteiger partial charge is 0.343 e. The number of hydrogen-bond donors (Lipinski definition) is 2. The van der Waals surface area contributed by atoms with Crippen LogP contribution in [0.5, 0.6) is 0 Å². The number of benzene rings is 2. The number of hydrazone groups is 1. The lowest BCUT2D eigenvalue weighted by Crippen LogP contribution is -2.35. The molecule has 0 atom stereocenters. The zero-order valence-corrected chi connectivity index (χ0v) is 13.2. The summed E-state index contributed by atoms with van der Waals surface area (Å²) in [6, 6.07) is 9.45. The molecule has 0 bridgehead atoms. The second-order valence-corrected chi connectivity index (χ2v) is 5.08. The second-order valence-electron chi connectivity index (χ2n) is 5.08. The summed E-state index contributed by atoms with van der Waals surface area (Å²) in [6.07, 6.45) is -3.28. The second kappa shape index (κ2) is 8.24. The van der Waals surface area contributed by atoms with E-state index in [1.807, 2.05) is 0 Å². The van der Waals surface area contributed by atoms with Gasteiger partial charge in [0, 0.05) is 0 Å². The summed E-state index contributed by atoms with van der Waals surface area (Å²) in [7, 11) is 0. The standard InChI is InChI=1S/C17H13F4N3O2/c18-14-4-2-1-3-13(14)16(26)22-10-15(25)24-23-9-11-5-7-12(8-6-11)17(19,20)21/h1-9H,10H2,(H,22,26)(H,24,25)/b23-9-. The number of halogens is 4. The third-order valence-corrected chi connectivity index (χ3v) is 3.17. The molecular weight excluding hydrogens is 354 g/mol. The number of carbonyl (C=O) groups excluding carboxylic acids is 2. The Morgan fingerprint density at radius 3 is 2.31 bits per heavy atom. The fraction of sp³-hybridized carbons (Fsp3) is 0.118. The normalized spacial score (nSPS) is 11.4. The average Bonchev–Trinajstić information content (AvgIpc) is 2.60. The first-order valence-corrected chi connectivity index (χ1v) is 7.29. The lowest BCUT2D eigenvalue weighted by Gasteiger charge is -2.06. The molecule has 0 radical (unpaired) electrons. The highest BCUT2D eigenvalue weighted by Gasteiger charge is 2.29. The molecule has 5 nitrogen and oxygen atoms in total. The van der Waals surface area contributed by atoms with Crippen molar-refractivity contribution in [2.45, 2.75) is 6.18 Å². The van der Waals surface area contributed by atoms with Crippen LogP contribution < -0.4 is 10.7 Å². The highest BCUT2D eigenvalue weighted by molar-refractivity contribution is 5.96. The first kappa shape index (κ1) is 19.1. The Labute approximate surface area is 145 Å². The monoisotopic (exact) mass is 367 g/mol. The molecule has 0 aliphatic carbocycles. The zero-order valence-electron chi connectivity index (χ0n) is 13.2. The number of carbonyl (C=O) groups is 2. The van der Waals surface area contributed by atoms with Gasteiger partial charge in [-0.3, -0.25) is 9.59 Å². The van der Waals surface area contributed by atoms with E-state index in [1.165, 1.54) is 30.3 Å². The third-order valence-electron chi connectivity index (χ3n) is 3.17. The summed E-state index contributed by atoms with van der Waals surface area (Å²) in [4.78, 5) is 23.3. The number of amides is 2. The predicted octanol–water partition coefficient (Wildman–Crippen LogP) is 2.72. The highest BCUT2D eigenvalue weighted by atomic mass is 19.4. The van der Waals surface area contributed by atoms with E-state index in [1.54, 1.807) is 0 Å². The molecule has 2 rings (SSSR count). The molecule has 2 aromatic rings. The van der Waals surface area contributed by atoms with Gasteiger partial charge in [-0.1, -0.05) is 24.3 Å². The summed E-state index contributed by atoms with van der Waals surface area (Å²) in [6.45, 7) is -0.447. The minimum Gasteiger partial charge on any atom is -0.343 e. The lowest BCUT2D eigenvalue weighted by atomic mass is 10.1. The van der Waals surface area contributed by atoms with Crippen molar-refractivity contribution in [3.8, 4) is 0 Å². The number of nitrogens with one attached hydrogen (secondary N) is 2. The molecule has 2 N–H and O–H groups in total. The summed E-state index contributed by atoms with van der Waals surface area (Å²) in [5.74, 6) is -2.16. The molecule has 0 saturated heterocycles. The van der Waals surface area contributed by atoms with E-state index < -0.39 is 35.9 Å². The molecule has 9 heteroatoms. The van der Waals surface area contributed by atoms with Crippen LogP contribution in [0.2, 0.25) is 0 Å². The van der Waals surface area contributed by atoms with E-state index in [-0.39, 0.29) is 5.56 Å². The molecule has 2 amide bonds. The van der Waals surface area contributed by atoms with Gasteiger partial charge in [-0.15, -0.1) is 0 Å². The van der Waals surface area contributed by atoms with Crippen molar-refractivity contribution in [3.63, 3.8) is 0 Å². The van der Waals surface area contributed by atoms with Crippen LogP contribution in [0.4, 0.5) is 17.6 Å². The largest absolute Gasteiger partial charge is 0.416 e. The van der Waals surface area contributed by atoms with Crippen LogP contribution in [-0.2, 0) is 11.0 Å². The van der Waals surface area contributed by atoms with Gasteiger partial charge in [0.1, 0.15) is 5.82 Å². The van der Waals surface area contributed by atoms with Crippen molar-refractivity contribution >= 4 is 18.0 Å². The van der Waals surface area contributed by atoms with E-state index in [9.17, 15) is 27.2 Å². The third kappa shape index (κ3) is 5.40. The summed E-state index contributed by atoms with van der Waals surface area (Å²) >= 11 is 0. The number of alkyl halides is 3. The fourth-order valence-corrected chi connectivity index (χ4v) is 1.88. The molecule has 26 heavy (non-hydrogen) atoms. The fourth-order valence-electron chi connectivity index (χ4n) is 1.88. The molecule has 0 heterocycles. The lowest BCUT2D eigenvalue weighted by molar-refractivity contribution is -0.137. The van der Waals surface area contributed by atoms with Crippen LogP contribution in [0, 0.1) is 5.82 Å². The molecular formula is C17H13F4N3O2. The Hall–Kier alpha value is -3.23. The van der Waals surface area contributed by atoms with E-state index >= 15 is 0 Å². The maximum absolute atomic E-state index is 13.4. The van der Waals surface area contributed by atoms with Crippen LogP contribution >= 0.6 is 0 Å². The molecule has 0 aliphatic rings. The van der Waals surface area contributed by atoms with E-state index in [4.69, 9.17) is 0 Å². The van der Waals surface area contributed by atoms with Crippen LogP contribution in [0.3, 0.4) is 0 Å². The number of hydrogen-bond acceptors (Lipinski definition) is 3. The molecule has 0 spiro atoms. The van der Waals surface area contributed by atoms with Gasteiger partial charge in [0.15, 0.2) is 0 Å². The molecule has 0 aliphatic heterocycles. The zero-order chi connectivity index (χ0) is 19.2. The number of rotatable bonds is 5. The van der Waals surface area contributed by atoms with E-state index in [2.05, 4.69) is 15.8 Å². The minimum atomic E-state index is -4.43. The minimum absolute atomic E-state index is 0.200. The van der Waals surface area contributed by atoms with Crippen molar-refractivity contribution in [1.29, 1.82) is 0 Å². The Balaban J connectivity index is 1.82. The van der Waals surface area contributed by atoms with Crippen molar-refractivity contribution in [1.82, 2.24) is 10.7 Å². The number of nitrogens with zero attached hydrogens (tertiary/aromatic N) is 1. The van der Waals surface area contributed by atoms with Crippen LogP contribution in [0.15, 0.2) is 53.6 Å². The van der Waals surface area contributed by atoms with Gasteiger partial charge in [-0.05, 0) is 29.8 Å². The molecule has 0 aromatic heterocycles. The van der Waals surface area contributed by atoms with Gasteiger partial charge in [0.05, 0.1) is 23.9 Å². The Morgan fingerprint density at radius 2 is 1.69 bits per heavy atom. The van der Waals surface area contributed by atoms with Crippen LogP contribution in [0.25, 0.3) is 0 Å². The first-order chi connectivity index (χ1) is 12.3. The van der Waals surface area contributed by atoms with E-state index in [0.717, 1.165) is 24.4 Å². The Kier molecular flexibility index (Phi) is 6.05. The molecule has 136 valence electrons. The average molecular weight is 367 g/mol. The highest BCUT2D eigenvalue weighted by Crippen LogP contribution is 2.28. The van der Waals surface area contributed by atoms with Gasteiger partial charge in [0.25, 0.3) is 11.8 Å². The SMILES string of the molecule is O=C(CNC(=O)c1ccccc1F)N/N=C\c1ccc(C(F)(F)F)cc1. The summed E-state index contributed by atoms with van der Waals surface area (Å²) in [5.41, 5.74) is 1.44. The van der Waals surface area contributed by atoms with Gasteiger partial charge < -0.3 is 5.32 Å². The van der Waals surface area contributed by atoms with Crippen molar-refractivity contribution in [2.75, 3.05) is 6.54 Å². The molecule has 0 unspecified atom stereocenters. The van der Waals surface area contributed by atoms with Crippen molar-refractivity contribution in [2.24, 2.45) is 5.10 Å². The Bertz CT molecular complexity index is 818. The quantitative estimate of drug-likeness (QED) is 0.485. The topological polar surface area (TPSA) is 70.6 Å². The molecule has 0 saturated carbocycles. The van der Waals surface area contributed by atoms with Crippen LogP contribution in [-0.4, -0.2) is 24.6 Å². The van der Waals surface area contributed by atoms with Crippen LogP contribution in [0.1, 0.15) is 21.5 Å². The van der Waals surface area contributed by atoms with Gasteiger partial charge in [0.2, 0.25) is 0 Å².